The predicted octanol–water partition coefficient (Wildman–Crippen LogP) is 3.96. The molecule has 1 aromatic heterocycles. The number of aromatic nitrogens is 2. The lowest BCUT2D eigenvalue weighted by atomic mass is 10.1. The first kappa shape index (κ1) is 18.3. The molecule has 7 heteroatoms. The van der Waals surface area contributed by atoms with Crippen LogP contribution in [0.25, 0.3) is 0 Å². The van der Waals surface area contributed by atoms with Crippen molar-refractivity contribution in [2.45, 2.75) is 37.9 Å². The Bertz CT molecular complexity index is 695. The molecule has 2 aromatic rings. The van der Waals surface area contributed by atoms with Crippen LogP contribution in [0.2, 0.25) is 0 Å². The van der Waals surface area contributed by atoms with E-state index in [0.29, 0.717) is 24.0 Å². The smallest absolute Gasteiger partial charge is 0.231 e. The highest BCUT2D eigenvalue weighted by atomic mass is 32.2. The molecular weight excluding hydrogens is 354 g/mol. The van der Waals surface area contributed by atoms with Gasteiger partial charge in [-0.3, -0.25) is 4.79 Å². The normalized spacial score (nSPS) is 17.6. The van der Waals surface area contributed by atoms with Crippen molar-refractivity contribution < 1.29 is 9.32 Å². The average molecular weight is 378 g/mol. The molecule has 2 heterocycles. The Kier molecular flexibility index (Phi) is 6.42. The summed E-state index contributed by atoms with van der Waals surface area (Å²) in [5.41, 5.74) is 1.91. The third kappa shape index (κ3) is 5.51. The Hall–Kier alpha value is -1.47. The van der Waals surface area contributed by atoms with Gasteiger partial charge in [0.05, 0.1) is 6.42 Å². The third-order valence-electron chi connectivity index (χ3n) is 3.89. The standard InChI is InChI=1S/C18H23N3O2S2/c1-12(2)18-20-17(23-21-18)9-13-3-5-14(6-4-13)19-16(22)10-15-11-24-7-8-25-15/h3-6,12,15H,7-11H2,1-2H3,(H,19,22)/t15-/m0/s1. The molecule has 1 fully saturated rings. The van der Waals surface area contributed by atoms with E-state index in [-0.39, 0.29) is 11.8 Å². The largest absolute Gasteiger partial charge is 0.339 e. The van der Waals surface area contributed by atoms with Crippen LogP contribution in [0.1, 0.15) is 43.5 Å². The third-order valence-corrected chi connectivity index (χ3v) is 6.74. The van der Waals surface area contributed by atoms with Crippen molar-refractivity contribution in [1.82, 2.24) is 10.1 Å². The number of hydrogen-bond acceptors (Lipinski definition) is 6. The number of benzene rings is 1. The summed E-state index contributed by atoms with van der Waals surface area (Å²) in [6.07, 6.45) is 1.18. The van der Waals surface area contributed by atoms with E-state index in [0.717, 1.165) is 28.6 Å². The van der Waals surface area contributed by atoms with Crippen molar-refractivity contribution in [3.05, 3.63) is 41.5 Å². The summed E-state index contributed by atoms with van der Waals surface area (Å²) < 4.78 is 5.27. The van der Waals surface area contributed by atoms with E-state index in [1.54, 1.807) is 0 Å². The summed E-state index contributed by atoms with van der Waals surface area (Å²) in [6, 6.07) is 7.82. The Labute approximate surface area is 156 Å². The summed E-state index contributed by atoms with van der Waals surface area (Å²) in [4.78, 5) is 16.5. The van der Waals surface area contributed by atoms with Gasteiger partial charge in [0.15, 0.2) is 5.82 Å². The summed E-state index contributed by atoms with van der Waals surface area (Å²) in [5, 5.41) is 7.40. The molecule has 3 rings (SSSR count). The Morgan fingerprint density at radius 1 is 1.32 bits per heavy atom. The van der Waals surface area contributed by atoms with Crippen molar-refractivity contribution in [1.29, 1.82) is 0 Å². The Morgan fingerprint density at radius 3 is 2.76 bits per heavy atom. The van der Waals surface area contributed by atoms with Crippen molar-refractivity contribution >= 4 is 35.1 Å². The number of carbonyl (C=O) groups excluding carboxylic acids is 1. The topological polar surface area (TPSA) is 68.0 Å². The van der Waals surface area contributed by atoms with Gasteiger partial charge >= 0.3 is 0 Å². The fourth-order valence-corrected chi connectivity index (χ4v) is 5.21. The van der Waals surface area contributed by atoms with Gasteiger partial charge < -0.3 is 9.84 Å². The maximum Gasteiger partial charge on any atom is 0.231 e. The maximum absolute atomic E-state index is 12.2. The second-order valence-electron chi connectivity index (χ2n) is 6.39. The zero-order chi connectivity index (χ0) is 17.6. The van der Waals surface area contributed by atoms with Gasteiger partial charge in [-0.1, -0.05) is 31.1 Å². The second kappa shape index (κ2) is 8.76. The Morgan fingerprint density at radius 2 is 2.12 bits per heavy atom. The van der Waals surface area contributed by atoms with Crippen LogP contribution in [0.4, 0.5) is 5.69 Å². The summed E-state index contributed by atoms with van der Waals surface area (Å²) in [5.74, 6) is 5.11. The molecular formula is C18H23N3O2S2. The fraction of sp³-hybridized carbons (Fsp3) is 0.500. The average Bonchev–Trinajstić information content (AvgIpc) is 3.06. The van der Waals surface area contributed by atoms with Crippen molar-refractivity contribution in [3.63, 3.8) is 0 Å². The van der Waals surface area contributed by atoms with E-state index in [4.69, 9.17) is 4.52 Å². The monoisotopic (exact) mass is 377 g/mol. The number of thioether (sulfide) groups is 2. The van der Waals surface area contributed by atoms with E-state index >= 15 is 0 Å². The molecule has 0 radical (unpaired) electrons. The molecule has 0 saturated carbocycles. The minimum Gasteiger partial charge on any atom is -0.339 e. The summed E-state index contributed by atoms with van der Waals surface area (Å²) >= 11 is 3.84. The molecule has 25 heavy (non-hydrogen) atoms. The van der Waals surface area contributed by atoms with Gasteiger partial charge in [0.25, 0.3) is 0 Å². The molecule has 0 unspecified atom stereocenters. The van der Waals surface area contributed by atoms with E-state index in [1.165, 1.54) is 5.75 Å². The van der Waals surface area contributed by atoms with Crippen LogP contribution in [-0.2, 0) is 11.2 Å². The molecule has 134 valence electrons. The lowest BCUT2D eigenvalue weighted by Crippen LogP contribution is -2.22. The predicted molar refractivity (Wildman–Crippen MR) is 104 cm³/mol. The highest BCUT2D eigenvalue weighted by Crippen LogP contribution is 2.26. The van der Waals surface area contributed by atoms with Crippen LogP contribution >= 0.6 is 23.5 Å². The zero-order valence-electron chi connectivity index (χ0n) is 14.5. The quantitative estimate of drug-likeness (QED) is 0.822. The second-order valence-corrected chi connectivity index (χ2v) is 8.95. The van der Waals surface area contributed by atoms with Gasteiger partial charge in [-0.25, -0.2) is 0 Å². The van der Waals surface area contributed by atoms with E-state index in [1.807, 2.05) is 61.6 Å². The lowest BCUT2D eigenvalue weighted by Gasteiger charge is -2.20. The van der Waals surface area contributed by atoms with Gasteiger partial charge in [-0.05, 0) is 17.7 Å². The minimum absolute atomic E-state index is 0.0891. The minimum atomic E-state index is 0.0891. The number of hydrogen-bond donors (Lipinski definition) is 1. The number of anilines is 1. The van der Waals surface area contributed by atoms with E-state index in [9.17, 15) is 4.79 Å². The number of carbonyl (C=O) groups is 1. The van der Waals surface area contributed by atoms with Crippen LogP contribution in [0.5, 0.6) is 0 Å². The molecule has 1 aliphatic heterocycles. The number of nitrogens with one attached hydrogen (secondary N) is 1. The number of nitrogens with zero attached hydrogens (tertiary/aromatic N) is 2. The van der Waals surface area contributed by atoms with E-state index < -0.39 is 0 Å². The van der Waals surface area contributed by atoms with Gasteiger partial charge in [-0.2, -0.15) is 28.5 Å². The first-order valence-corrected chi connectivity index (χ1v) is 10.7. The molecule has 1 N–H and O–H groups in total. The van der Waals surface area contributed by atoms with E-state index in [2.05, 4.69) is 15.5 Å². The first-order chi connectivity index (χ1) is 12.1. The van der Waals surface area contributed by atoms with Crippen LogP contribution < -0.4 is 5.32 Å². The molecule has 1 amide bonds. The first-order valence-electron chi connectivity index (χ1n) is 8.51. The Balaban J connectivity index is 1.51. The lowest BCUT2D eigenvalue weighted by molar-refractivity contribution is -0.116. The molecule has 1 aliphatic rings. The van der Waals surface area contributed by atoms with Crippen LogP contribution in [-0.4, -0.2) is 38.6 Å². The number of rotatable bonds is 6. The summed E-state index contributed by atoms with van der Waals surface area (Å²) in [7, 11) is 0. The SMILES string of the molecule is CC(C)c1noc(Cc2ccc(NC(=O)C[C@H]3CSCCS3)cc2)n1. The van der Waals surface area contributed by atoms with Gasteiger partial charge in [0, 0.05) is 40.5 Å². The van der Waals surface area contributed by atoms with Gasteiger partial charge in [0.2, 0.25) is 11.8 Å². The zero-order valence-corrected chi connectivity index (χ0v) is 16.2. The van der Waals surface area contributed by atoms with Crippen LogP contribution in [0, 0.1) is 0 Å². The molecule has 0 bridgehead atoms. The molecule has 0 spiro atoms. The molecule has 5 nitrogen and oxygen atoms in total. The van der Waals surface area contributed by atoms with Gasteiger partial charge in [-0.15, -0.1) is 0 Å². The maximum atomic E-state index is 12.2. The molecule has 1 atom stereocenters. The highest BCUT2D eigenvalue weighted by Gasteiger charge is 2.18. The van der Waals surface area contributed by atoms with Crippen LogP contribution in [0.3, 0.4) is 0 Å². The molecule has 1 saturated heterocycles. The molecule has 0 aliphatic carbocycles. The van der Waals surface area contributed by atoms with Crippen molar-refractivity contribution in [3.8, 4) is 0 Å². The fourth-order valence-electron chi connectivity index (χ4n) is 2.53. The van der Waals surface area contributed by atoms with Crippen molar-refractivity contribution in [2.24, 2.45) is 0 Å². The highest BCUT2D eigenvalue weighted by molar-refractivity contribution is 8.06. The van der Waals surface area contributed by atoms with Crippen LogP contribution in [0.15, 0.2) is 28.8 Å². The summed E-state index contributed by atoms with van der Waals surface area (Å²) in [6.45, 7) is 4.08. The molecule has 1 aromatic carbocycles. The van der Waals surface area contributed by atoms with Crippen molar-refractivity contribution in [2.75, 3.05) is 22.6 Å². The number of amides is 1. The van der Waals surface area contributed by atoms with Gasteiger partial charge in [0.1, 0.15) is 0 Å².